The van der Waals surface area contributed by atoms with Crippen LogP contribution in [0.1, 0.15) is 17.4 Å². The molecule has 1 heterocycles. The van der Waals surface area contributed by atoms with Gasteiger partial charge >= 0.3 is 5.97 Å². The number of benzene rings is 1. The Morgan fingerprint density at radius 1 is 1.41 bits per heavy atom. The van der Waals surface area contributed by atoms with Crippen LogP contribution in [0.15, 0.2) is 47.3 Å². The fourth-order valence-corrected chi connectivity index (χ4v) is 1.53. The minimum Gasteiger partial charge on any atom is -0.480 e. The van der Waals surface area contributed by atoms with Crippen molar-refractivity contribution >= 4 is 5.97 Å². The van der Waals surface area contributed by atoms with Gasteiger partial charge in [-0.25, -0.2) is 4.98 Å². The lowest BCUT2D eigenvalue weighted by Gasteiger charge is -2.13. The standard InChI is InChI=1S/C12H12N2O3/c15-12(16)11(9-4-2-1-3-5-9)14-7-10-6-13-8-17-10/h1-6,8,11,14H,7H2,(H,15,16). The number of nitrogens with zero attached hydrogens (tertiary/aromatic N) is 1. The minimum absolute atomic E-state index is 0.325. The smallest absolute Gasteiger partial charge is 0.325 e. The van der Waals surface area contributed by atoms with E-state index in [9.17, 15) is 4.79 Å². The zero-order chi connectivity index (χ0) is 12.1. The van der Waals surface area contributed by atoms with Gasteiger partial charge in [-0.1, -0.05) is 30.3 Å². The molecule has 0 saturated carbocycles. The van der Waals surface area contributed by atoms with E-state index in [0.717, 1.165) is 0 Å². The molecule has 5 nitrogen and oxygen atoms in total. The van der Waals surface area contributed by atoms with Crippen LogP contribution < -0.4 is 5.32 Å². The molecule has 88 valence electrons. The molecule has 0 spiro atoms. The maximum atomic E-state index is 11.2. The number of carboxylic acids is 1. The molecular weight excluding hydrogens is 220 g/mol. The second kappa shape index (κ2) is 5.27. The number of nitrogens with one attached hydrogen (secondary N) is 1. The van der Waals surface area contributed by atoms with Crippen molar-refractivity contribution in [3.63, 3.8) is 0 Å². The minimum atomic E-state index is -0.921. The lowest BCUT2D eigenvalue weighted by atomic mass is 10.1. The molecule has 1 unspecified atom stereocenters. The van der Waals surface area contributed by atoms with Gasteiger partial charge in [0.25, 0.3) is 0 Å². The maximum Gasteiger partial charge on any atom is 0.325 e. The Hall–Kier alpha value is -2.14. The van der Waals surface area contributed by atoms with Crippen molar-refractivity contribution in [2.75, 3.05) is 0 Å². The topological polar surface area (TPSA) is 75.4 Å². The largest absolute Gasteiger partial charge is 0.480 e. The number of aromatic nitrogens is 1. The number of rotatable bonds is 5. The van der Waals surface area contributed by atoms with Crippen molar-refractivity contribution in [2.24, 2.45) is 0 Å². The van der Waals surface area contributed by atoms with Gasteiger partial charge in [0.05, 0.1) is 12.7 Å². The molecule has 0 saturated heterocycles. The van der Waals surface area contributed by atoms with Crippen LogP contribution in [0.5, 0.6) is 0 Å². The molecule has 2 rings (SSSR count). The highest BCUT2D eigenvalue weighted by Gasteiger charge is 2.18. The highest BCUT2D eigenvalue weighted by atomic mass is 16.4. The van der Waals surface area contributed by atoms with Gasteiger partial charge in [-0.3, -0.25) is 10.1 Å². The summed E-state index contributed by atoms with van der Waals surface area (Å²) in [5.74, 6) is -0.317. The van der Waals surface area contributed by atoms with E-state index in [2.05, 4.69) is 10.3 Å². The molecule has 0 aliphatic heterocycles. The SMILES string of the molecule is O=C(O)C(NCc1cnco1)c1ccccc1. The molecule has 0 fully saturated rings. The average molecular weight is 232 g/mol. The van der Waals surface area contributed by atoms with Gasteiger partial charge in [0.2, 0.25) is 0 Å². The summed E-state index contributed by atoms with van der Waals surface area (Å²) in [5.41, 5.74) is 0.708. The molecule has 0 bridgehead atoms. The molecule has 0 radical (unpaired) electrons. The third-order valence-corrected chi connectivity index (χ3v) is 2.34. The third-order valence-electron chi connectivity index (χ3n) is 2.34. The Balaban J connectivity index is 2.06. The molecule has 0 aliphatic carbocycles. The van der Waals surface area contributed by atoms with E-state index in [4.69, 9.17) is 9.52 Å². The predicted molar refractivity (Wildman–Crippen MR) is 60.2 cm³/mol. The quantitative estimate of drug-likeness (QED) is 0.818. The normalized spacial score (nSPS) is 12.2. The van der Waals surface area contributed by atoms with Crippen LogP contribution in [0.2, 0.25) is 0 Å². The van der Waals surface area contributed by atoms with Crippen molar-refractivity contribution in [3.05, 3.63) is 54.2 Å². The van der Waals surface area contributed by atoms with E-state index in [1.54, 1.807) is 30.5 Å². The highest BCUT2D eigenvalue weighted by Crippen LogP contribution is 2.13. The van der Waals surface area contributed by atoms with Crippen LogP contribution >= 0.6 is 0 Å². The third kappa shape index (κ3) is 2.92. The summed E-state index contributed by atoms with van der Waals surface area (Å²) in [6.45, 7) is 0.325. The van der Waals surface area contributed by atoms with Crippen molar-refractivity contribution in [1.82, 2.24) is 10.3 Å². The second-order valence-corrected chi connectivity index (χ2v) is 3.53. The summed E-state index contributed by atoms with van der Waals surface area (Å²) >= 11 is 0. The summed E-state index contributed by atoms with van der Waals surface area (Å²) in [6, 6.07) is 8.25. The lowest BCUT2D eigenvalue weighted by molar-refractivity contribution is -0.139. The Kier molecular flexibility index (Phi) is 3.52. The Morgan fingerprint density at radius 2 is 2.18 bits per heavy atom. The van der Waals surface area contributed by atoms with E-state index >= 15 is 0 Å². The monoisotopic (exact) mass is 232 g/mol. The molecule has 17 heavy (non-hydrogen) atoms. The first-order valence-electron chi connectivity index (χ1n) is 5.16. The van der Waals surface area contributed by atoms with Crippen LogP contribution in [0, 0.1) is 0 Å². The number of carboxylic acid groups (broad SMARTS) is 1. The number of hydrogen-bond donors (Lipinski definition) is 2. The van der Waals surface area contributed by atoms with E-state index in [0.29, 0.717) is 17.9 Å². The van der Waals surface area contributed by atoms with Gasteiger partial charge in [0, 0.05) is 0 Å². The molecular formula is C12H12N2O3. The maximum absolute atomic E-state index is 11.2. The van der Waals surface area contributed by atoms with Crippen molar-refractivity contribution in [1.29, 1.82) is 0 Å². The average Bonchev–Trinajstić information content (AvgIpc) is 2.83. The van der Waals surface area contributed by atoms with Gasteiger partial charge in [0.1, 0.15) is 11.8 Å². The van der Waals surface area contributed by atoms with Crippen LogP contribution in [-0.4, -0.2) is 16.1 Å². The van der Waals surface area contributed by atoms with E-state index in [1.807, 2.05) is 6.07 Å². The number of oxazole rings is 1. The van der Waals surface area contributed by atoms with E-state index in [1.165, 1.54) is 6.39 Å². The fourth-order valence-electron chi connectivity index (χ4n) is 1.53. The lowest BCUT2D eigenvalue weighted by Crippen LogP contribution is -2.27. The molecule has 0 amide bonds. The van der Waals surface area contributed by atoms with Crippen LogP contribution in [0.4, 0.5) is 0 Å². The molecule has 2 aromatic rings. The van der Waals surface area contributed by atoms with E-state index < -0.39 is 12.0 Å². The second-order valence-electron chi connectivity index (χ2n) is 3.53. The molecule has 1 atom stereocenters. The molecule has 0 aliphatic rings. The molecule has 5 heteroatoms. The zero-order valence-electron chi connectivity index (χ0n) is 9.04. The summed E-state index contributed by atoms with van der Waals surface area (Å²) < 4.78 is 5.03. The summed E-state index contributed by atoms with van der Waals surface area (Å²) in [7, 11) is 0. The Labute approximate surface area is 98.1 Å². The summed E-state index contributed by atoms with van der Waals surface area (Å²) in [6.07, 6.45) is 2.87. The molecule has 2 N–H and O–H groups in total. The summed E-state index contributed by atoms with van der Waals surface area (Å²) in [5, 5.41) is 12.1. The van der Waals surface area contributed by atoms with Gasteiger partial charge < -0.3 is 9.52 Å². The number of carbonyl (C=O) groups is 1. The predicted octanol–water partition coefficient (Wildman–Crippen LogP) is 1.59. The highest BCUT2D eigenvalue weighted by molar-refractivity contribution is 5.75. The van der Waals surface area contributed by atoms with Gasteiger partial charge in [-0.15, -0.1) is 0 Å². The zero-order valence-corrected chi connectivity index (χ0v) is 9.04. The fraction of sp³-hybridized carbons (Fsp3) is 0.167. The first-order valence-corrected chi connectivity index (χ1v) is 5.16. The summed E-state index contributed by atoms with van der Waals surface area (Å²) in [4.78, 5) is 14.9. The van der Waals surface area contributed by atoms with Gasteiger partial charge in [0.15, 0.2) is 6.39 Å². The van der Waals surface area contributed by atoms with Crippen LogP contribution in [0.3, 0.4) is 0 Å². The molecule has 1 aromatic carbocycles. The number of aliphatic carboxylic acids is 1. The van der Waals surface area contributed by atoms with Gasteiger partial charge in [-0.2, -0.15) is 0 Å². The first-order chi connectivity index (χ1) is 8.27. The Bertz CT molecular complexity index is 468. The van der Waals surface area contributed by atoms with Gasteiger partial charge in [-0.05, 0) is 5.56 Å². The van der Waals surface area contributed by atoms with Crippen molar-refractivity contribution in [3.8, 4) is 0 Å². The Morgan fingerprint density at radius 3 is 2.76 bits per heavy atom. The first kappa shape index (κ1) is 11.3. The van der Waals surface area contributed by atoms with Crippen LogP contribution in [0.25, 0.3) is 0 Å². The van der Waals surface area contributed by atoms with Crippen molar-refractivity contribution in [2.45, 2.75) is 12.6 Å². The van der Waals surface area contributed by atoms with Crippen LogP contribution in [-0.2, 0) is 11.3 Å². The van der Waals surface area contributed by atoms with Crippen molar-refractivity contribution < 1.29 is 14.3 Å². The number of hydrogen-bond acceptors (Lipinski definition) is 4. The molecule has 1 aromatic heterocycles. The van der Waals surface area contributed by atoms with E-state index in [-0.39, 0.29) is 0 Å².